The molecular formula is C29H61BrN2S. The molecule has 0 aromatic rings. The van der Waals surface area contributed by atoms with Crippen LogP contribution in [0.25, 0.3) is 0 Å². The van der Waals surface area contributed by atoms with Gasteiger partial charge in [-0.25, -0.2) is 0 Å². The van der Waals surface area contributed by atoms with E-state index >= 15 is 0 Å². The van der Waals surface area contributed by atoms with Gasteiger partial charge in [-0.1, -0.05) is 179 Å². The fourth-order valence-corrected chi connectivity index (χ4v) is 5.17. The van der Waals surface area contributed by atoms with E-state index in [9.17, 15) is 0 Å². The maximum Gasteiger partial charge on any atom is 0.151 e. The lowest BCUT2D eigenvalue weighted by atomic mass is 10.0. The van der Waals surface area contributed by atoms with Crippen LogP contribution in [0.5, 0.6) is 0 Å². The van der Waals surface area contributed by atoms with E-state index in [4.69, 9.17) is 11.1 Å². The Morgan fingerprint density at radius 1 is 0.455 bits per heavy atom. The van der Waals surface area contributed by atoms with Crippen molar-refractivity contribution in [1.29, 1.82) is 5.41 Å². The topological polar surface area (TPSA) is 49.9 Å². The zero-order valence-electron chi connectivity index (χ0n) is 22.5. The highest BCUT2D eigenvalue weighted by atomic mass is 79.9. The van der Waals surface area contributed by atoms with Gasteiger partial charge < -0.3 is 5.73 Å². The van der Waals surface area contributed by atoms with Crippen LogP contribution < -0.4 is 5.73 Å². The molecule has 2 nitrogen and oxygen atoms in total. The summed E-state index contributed by atoms with van der Waals surface area (Å²) in [4.78, 5) is 0. The number of thioether (sulfide) groups is 1. The zero-order chi connectivity index (χ0) is 23.4. The van der Waals surface area contributed by atoms with Crippen molar-refractivity contribution in [3.63, 3.8) is 0 Å². The van der Waals surface area contributed by atoms with E-state index in [2.05, 4.69) is 6.92 Å². The smallest absolute Gasteiger partial charge is 0.151 e. The first-order valence-electron chi connectivity index (χ1n) is 14.7. The van der Waals surface area contributed by atoms with Gasteiger partial charge in [-0.15, -0.1) is 17.0 Å². The first kappa shape index (κ1) is 35.5. The largest absolute Gasteiger partial charge is 0.379 e. The number of hydrogen-bond acceptors (Lipinski definition) is 2. The summed E-state index contributed by atoms with van der Waals surface area (Å²) in [5.74, 6) is 1.02. The van der Waals surface area contributed by atoms with Crippen LogP contribution in [0, 0.1) is 5.41 Å². The van der Waals surface area contributed by atoms with Gasteiger partial charge in [0.25, 0.3) is 0 Å². The van der Waals surface area contributed by atoms with Gasteiger partial charge in [-0.3, -0.25) is 5.41 Å². The first-order chi connectivity index (χ1) is 15.8. The number of nitrogens with two attached hydrogens (primary N) is 1. The minimum atomic E-state index is 0. The molecule has 0 atom stereocenters. The normalized spacial score (nSPS) is 10.9. The Morgan fingerprint density at radius 3 is 0.879 bits per heavy atom. The average Bonchev–Trinajstić information content (AvgIpc) is 2.78. The maximum atomic E-state index is 7.18. The van der Waals surface area contributed by atoms with Gasteiger partial charge in [0.15, 0.2) is 5.17 Å². The Kier molecular flexibility index (Phi) is 34.7. The van der Waals surface area contributed by atoms with Gasteiger partial charge in [0, 0.05) is 5.75 Å². The molecule has 0 rings (SSSR count). The van der Waals surface area contributed by atoms with Crippen LogP contribution >= 0.6 is 28.7 Å². The van der Waals surface area contributed by atoms with Gasteiger partial charge in [-0.2, -0.15) is 0 Å². The minimum absolute atomic E-state index is 0. The number of unbranched alkanes of at least 4 members (excludes halogenated alkanes) is 25. The highest BCUT2D eigenvalue weighted by Gasteiger charge is 1.97. The van der Waals surface area contributed by atoms with Crippen LogP contribution in [0.4, 0.5) is 0 Å². The summed E-state index contributed by atoms with van der Waals surface area (Å²) in [6, 6.07) is 0. The van der Waals surface area contributed by atoms with E-state index in [-0.39, 0.29) is 22.1 Å². The van der Waals surface area contributed by atoms with E-state index in [1.165, 1.54) is 179 Å². The molecule has 0 aromatic heterocycles. The van der Waals surface area contributed by atoms with Crippen molar-refractivity contribution in [2.24, 2.45) is 5.73 Å². The summed E-state index contributed by atoms with van der Waals surface area (Å²) >= 11 is 1.49. The Bertz CT molecular complexity index is 366. The fraction of sp³-hybridized carbons (Fsp3) is 0.966. The lowest BCUT2D eigenvalue weighted by Gasteiger charge is -2.04. The average molecular weight is 550 g/mol. The summed E-state index contributed by atoms with van der Waals surface area (Å²) in [6.45, 7) is 2.30. The van der Waals surface area contributed by atoms with Crippen molar-refractivity contribution >= 4 is 33.9 Å². The van der Waals surface area contributed by atoms with Crippen LogP contribution in [0.1, 0.15) is 174 Å². The number of hydrogen-bond donors (Lipinski definition) is 2. The van der Waals surface area contributed by atoms with Gasteiger partial charge in [0.05, 0.1) is 0 Å². The molecule has 3 N–H and O–H groups in total. The van der Waals surface area contributed by atoms with Crippen molar-refractivity contribution in [2.45, 2.75) is 174 Å². The molecule has 0 amide bonds. The van der Waals surface area contributed by atoms with Crippen molar-refractivity contribution in [1.82, 2.24) is 0 Å². The van der Waals surface area contributed by atoms with Crippen LogP contribution in [-0.4, -0.2) is 10.9 Å². The number of halogens is 1. The van der Waals surface area contributed by atoms with Crippen LogP contribution in [-0.2, 0) is 0 Å². The van der Waals surface area contributed by atoms with Crippen molar-refractivity contribution in [3.05, 3.63) is 0 Å². The molecule has 0 saturated heterocycles. The second-order valence-electron chi connectivity index (χ2n) is 10.1. The Hall–Kier alpha value is 0.300. The molecule has 0 spiro atoms. The first-order valence-corrected chi connectivity index (χ1v) is 15.7. The highest BCUT2D eigenvalue weighted by Crippen LogP contribution is 2.16. The molecule has 0 aliphatic carbocycles. The van der Waals surface area contributed by atoms with E-state index in [1.807, 2.05) is 0 Å². The Balaban J connectivity index is 0. The molecule has 0 saturated carbocycles. The molecule has 33 heavy (non-hydrogen) atoms. The molecule has 0 unspecified atom stereocenters. The van der Waals surface area contributed by atoms with Crippen molar-refractivity contribution in [3.8, 4) is 0 Å². The summed E-state index contributed by atoms with van der Waals surface area (Å²) in [5, 5.41) is 7.45. The molecule has 0 bridgehead atoms. The molecule has 0 aliphatic rings. The van der Waals surface area contributed by atoms with Crippen molar-refractivity contribution in [2.75, 3.05) is 5.75 Å². The molecule has 0 radical (unpaired) electrons. The molecule has 0 aromatic carbocycles. The van der Waals surface area contributed by atoms with Gasteiger partial charge in [0.2, 0.25) is 0 Å². The molecule has 0 fully saturated rings. The van der Waals surface area contributed by atoms with Gasteiger partial charge in [-0.05, 0) is 6.42 Å². The SMILES string of the molecule is Br.CCCCCCCCCCCCCCCCCCCCCCCCCCCCSC(=N)N. The standard InChI is InChI=1S/C29H60N2S.BrH/c1-2-3-4-5-6-7-8-9-10-11-12-13-14-15-16-17-18-19-20-21-22-23-24-25-26-27-28-32-29(30)31;/h2-28H2,1H3,(H3,30,31);1H. The lowest BCUT2D eigenvalue weighted by Crippen LogP contribution is -2.04. The molecule has 200 valence electrons. The van der Waals surface area contributed by atoms with Crippen LogP contribution in [0.3, 0.4) is 0 Å². The third kappa shape index (κ3) is 34.5. The summed E-state index contributed by atoms with van der Waals surface area (Å²) in [6.07, 6.45) is 37.4. The van der Waals surface area contributed by atoms with E-state index in [0.717, 1.165) is 5.75 Å². The predicted molar refractivity (Wildman–Crippen MR) is 160 cm³/mol. The van der Waals surface area contributed by atoms with Gasteiger partial charge >= 0.3 is 0 Å². The van der Waals surface area contributed by atoms with Gasteiger partial charge in [0.1, 0.15) is 0 Å². The quantitative estimate of drug-likeness (QED) is 0.0608. The monoisotopic (exact) mass is 548 g/mol. The third-order valence-corrected chi connectivity index (χ3v) is 7.56. The molecular weight excluding hydrogens is 488 g/mol. The van der Waals surface area contributed by atoms with E-state index in [1.54, 1.807) is 0 Å². The second kappa shape index (κ2) is 32.3. The highest BCUT2D eigenvalue weighted by molar-refractivity contribution is 8.93. The lowest BCUT2D eigenvalue weighted by molar-refractivity contribution is 0.516. The Morgan fingerprint density at radius 2 is 0.667 bits per heavy atom. The zero-order valence-corrected chi connectivity index (χ0v) is 25.0. The number of rotatable bonds is 27. The summed E-state index contributed by atoms with van der Waals surface area (Å²) in [5.41, 5.74) is 5.34. The van der Waals surface area contributed by atoms with E-state index in [0.29, 0.717) is 0 Å². The van der Waals surface area contributed by atoms with Crippen molar-refractivity contribution < 1.29 is 0 Å². The number of nitrogens with one attached hydrogen (secondary N) is 1. The molecule has 4 heteroatoms. The van der Waals surface area contributed by atoms with Crippen LogP contribution in [0.15, 0.2) is 0 Å². The predicted octanol–water partition coefficient (Wildman–Crippen LogP) is 11.4. The van der Waals surface area contributed by atoms with E-state index < -0.39 is 0 Å². The number of amidine groups is 1. The van der Waals surface area contributed by atoms with Crippen LogP contribution in [0.2, 0.25) is 0 Å². The summed E-state index contributed by atoms with van der Waals surface area (Å²) in [7, 11) is 0. The Labute approximate surface area is 224 Å². The fourth-order valence-electron chi connectivity index (χ4n) is 4.60. The maximum absolute atomic E-state index is 7.18. The third-order valence-electron chi connectivity index (χ3n) is 6.76. The molecule has 0 aliphatic heterocycles. The molecule has 0 heterocycles. The second-order valence-corrected chi connectivity index (χ2v) is 11.2. The minimum Gasteiger partial charge on any atom is -0.379 e. The summed E-state index contributed by atoms with van der Waals surface area (Å²) < 4.78 is 0.